The minimum absolute atomic E-state index is 0.399. The van der Waals surface area contributed by atoms with Crippen LogP contribution in [0.25, 0.3) is 0 Å². The summed E-state index contributed by atoms with van der Waals surface area (Å²) in [6.07, 6.45) is 0. The van der Waals surface area contributed by atoms with Crippen LogP contribution in [0.2, 0.25) is 0 Å². The summed E-state index contributed by atoms with van der Waals surface area (Å²) in [6.45, 7) is 8.53. The second kappa shape index (κ2) is 5.63. The highest BCUT2D eigenvalue weighted by molar-refractivity contribution is 9.10. The molecule has 1 heterocycles. The summed E-state index contributed by atoms with van der Waals surface area (Å²) in [4.78, 5) is 0. The highest BCUT2D eigenvalue weighted by Crippen LogP contribution is 2.22. The molecule has 0 radical (unpaired) electrons. The molecule has 0 aromatic carbocycles. The predicted molar refractivity (Wildman–Crippen MR) is 75.3 cm³/mol. The van der Waals surface area contributed by atoms with E-state index in [0.29, 0.717) is 11.5 Å². The van der Waals surface area contributed by atoms with E-state index in [-0.39, 0.29) is 0 Å². The van der Waals surface area contributed by atoms with Gasteiger partial charge in [-0.05, 0) is 43.6 Å². The molecule has 1 rings (SSSR count). The Bertz CT molecular complexity index is 423. The smallest absolute Gasteiger partial charge is 0.0739 e. The van der Waals surface area contributed by atoms with Gasteiger partial charge >= 0.3 is 0 Å². The maximum atomic E-state index is 12.0. The standard InChI is InChI=1S/C11H20BrN3OS/c1-5-15-9(10(12)8(2)14-15)6-17(16)7-11(3,4)13/h5-7,13H2,1-4H3. The molecule has 0 saturated heterocycles. The van der Waals surface area contributed by atoms with Gasteiger partial charge in [-0.25, -0.2) is 0 Å². The number of rotatable bonds is 5. The number of hydrogen-bond acceptors (Lipinski definition) is 3. The molecular formula is C11H20BrN3OS. The first-order valence-corrected chi connectivity index (χ1v) is 7.88. The van der Waals surface area contributed by atoms with Crippen molar-refractivity contribution in [1.82, 2.24) is 9.78 Å². The first-order chi connectivity index (χ1) is 7.74. The van der Waals surface area contributed by atoms with E-state index in [9.17, 15) is 4.21 Å². The molecule has 1 atom stereocenters. The predicted octanol–water partition coefficient (Wildman–Crippen LogP) is 1.96. The third kappa shape index (κ3) is 4.19. The molecule has 0 bridgehead atoms. The average molecular weight is 322 g/mol. The lowest BCUT2D eigenvalue weighted by Gasteiger charge is -2.17. The SMILES string of the molecule is CCn1nc(C)c(Br)c1CS(=O)CC(C)(C)N. The fraction of sp³-hybridized carbons (Fsp3) is 0.727. The zero-order valence-electron chi connectivity index (χ0n) is 10.8. The summed E-state index contributed by atoms with van der Waals surface area (Å²) in [6, 6.07) is 0. The number of aromatic nitrogens is 2. The first kappa shape index (κ1) is 14.9. The topological polar surface area (TPSA) is 60.9 Å². The average Bonchev–Trinajstić information content (AvgIpc) is 2.42. The Morgan fingerprint density at radius 1 is 1.53 bits per heavy atom. The number of nitrogens with two attached hydrogens (primary N) is 1. The molecule has 6 heteroatoms. The molecule has 1 aromatic rings. The third-order valence-electron chi connectivity index (χ3n) is 2.28. The van der Waals surface area contributed by atoms with Gasteiger partial charge in [0, 0.05) is 28.6 Å². The first-order valence-electron chi connectivity index (χ1n) is 5.60. The van der Waals surface area contributed by atoms with E-state index >= 15 is 0 Å². The van der Waals surface area contributed by atoms with E-state index in [0.717, 1.165) is 22.4 Å². The van der Waals surface area contributed by atoms with Crippen LogP contribution >= 0.6 is 15.9 Å². The Kier molecular flexibility index (Phi) is 4.92. The largest absolute Gasteiger partial charge is 0.325 e. The van der Waals surface area contributed by atoms with Crippen molar-refractivity contribution in [3.05, 3.63) is 15.9 Å². The van der Waals surface area contributed by atoms with Gasteiger partial charge in [-0.1, -0.05) is 0 Å². The van der Waals surface area contributed by atoms with Crippen LogP contribution in [0.1, 0.15) is 32.2 Å². The van der Waals surface area contributed by atoms with Crippen molar-refractivity contribution in [1.29, 1.82) is 0 Å². The van der Waals surface area contributed by atoms with Crippen LogP contribution in [0.4, 0.5) is 0 Å². The monoisotopic (exact) mass is 321 g/mol. The Labute approximate surface area is 114 Å². The van der Waals surface area contributed by atoms with E-state index in [1.165, 1.54) is 0 Å². The van der Waals surface area contributed by atoms with Gasteiger partial charge in [-0.3, -0.25) is 8.89 Å². The van der Waals surface area contributed by atoms with E-state index < -0.39 is 16.3 Å². The number of halogens is 1. The van der Waals surface area contributed by atoms with Gasteiger partial charge < -0.3 is 5.73 Å². The lowest BCUT2D eigenvalue weighted by Crippen LogP contribution is -2.38. The molecular weight excluding hydrogens is 302 g/mol. The summed E-state index contributed by atoms with van der Waals surface area (Å²) in [5, 5.41) is 4.38. The van der Waals surface area contributed by atoms with Gasteiger partial charge in [-0.2, -0.15) is 5.10 Å². The van der Waals surface area contributed by atoms with Crippen LogP contribution in [-0.4, -0.2) is 25.3 Å². The van der Waals surface area contributed by atoms with Crippen molar-refractivity contribution in [3.63, 3.8) is 0 Å². The Balaban J connectivity index is 2.84. The summed E-state index contributed by atoms with van der Waals surface area (Å²) < 4.78 is 14.9. The zero-order valence-corrected chi connectivity index (χ0v) is 13.2. The summed E-state index contributed by atoms with van der Waals surface area (Å²) >= 11 is 3.50. The lowest BCUT2D eigenvalue weighted by molar-refractivity contribution is 0.575. The van der Waals surface area contributed by atoms with Crippen LogP contribution < -0.4 is 5.73 Å². The van der Waals surface area contributed by atoms with Crippen molar-refractivity contribution in [2.45, 2.75) is 45.5 Å². The quantitative estimate of drug-likeness (QED) is 0.901. The fourth-order valence-corrected chi connectivity index (χ4v) is 3.77. The van der Waals surface area contributed by atoms with Crippen LogP contribution in [0, 0.1) is 6.92 Å². The number of nitrogens with zero attached hydrogens (tertiary/aromatic N) is 2. The molecule has 0 aliphatic carbocycles. The molecule has 0 amide bonds. The van der Waals surface area contributed by atoms with E-state index in [1.807, 2.05) is 32.4 Å². The molecule has 17 heavy (non-hydrogen) atoms. The van der Waals surface area contributed by atoms with Gasteiger partial charge in [0.2, 0.25) is 0 Å². The van der Waals surface area contributed by atoms with Gasteiger partial charge in [-0.15, -0.1) is 0 Å². The molecule has 0 fully saturated rings. The maximum absolute atomic E-state index is 12.0. The van der Waals surface area contributed by atoms with Crippen molar-refractivity contribution >= 4 is 26.7 Å². The number of aryl methyl sites for hydroxylation is 2. The minimum atomic E-state index is -0.965. The van der Waals surface area contributed by atoms with Crippen LogP contribution in [0.5, 0.6) is 0 Å². The van der Waals surface area contributed by atoms with Crippen LogP contribution in [0.3, 0.4) is 0 Å². The van der Waals surface area contributed by atoms with Crippen molar-refractivity contribution in [3.8, 4) is 0 Å². The Hall–Kier alpha value is -0.200. The molecule has 1 unspecified atom stereocenters. The summed E-state index contributed by atoms with van der Waals surface area (Å²) in [7, 11) is -0.965. The van der Waals surface area contributed by atoms with Crippen LogP contribution in [-0.2, 0) is 23.1 Å². The molecule has 0 aliphatic heterocycles. The lowest BCUT2D eigenvalue weighted by atomic mass is 10.1. The normalized spacial score (nSPS) is 14.0. The van der Waals surface area contributed by atoms with Gasteiger partial charge in [0.05, 0.1) is 21.6 Å². The molecule has 98 valence electrons. The minimum Gasteiger partial charge on any atom is -0.325 e. The highest BCUT2D eigenvalue weighted by atomic mass is 79.9. The molecule has 2 N–H and O–H groups in total. The summed E-state index contributed by atoms with van der Waals surface area (Å²) in [5.74, 6) is 0.989. The highest BCUT2D eigenvalue weighted by Gasteiger charge is 2.19. The van der Waals surface area contributed by atoms with Gasteiger partial charge in [0.25, 0.3) is 0 Å². The van der Waals surface area contributed by atoms with E-state index in [1.54, 1.807) is 0 Å². The van der Waals surface area contributed by atoms with Gasteiger partial charge in [0.1, 0.15) is 0 Å². The van der Waals surface area contributed by atoms with Crippen molar-refractivity contribution < 1.29 is 4.21 Å². The van der Waals surface area contributed by atoms with Crippen molar-refractivity contribution in [2.75, 3.05) is 5.75 Å². The number of hydrogen-bond donors (Lipinski definition) is 1. The maximum Gasteiger partial charge on any atom is 0.0739 e. The second-order valence-corrected chi connectivity index (χ2v) is 7.13. The fourth-order valence-electron chi connectivity index (χ4n) is 1.63. The molecule has 1 aromatic heterocycles. The van der Waals surface area contributed by atoms with Crippen LogP contribution in [0.15, 0.2) is 4.47 Å². The van der Waals surface area contributed by atoms with E-state index in [2.05, 4.69) is 21.0 Å². The second-order valence-electron chi connectivity index (χ2n) is 4.88. The molecule has 0 spiro atoms. The third-order valence-corrected chi connectivity index (χ3v) is 4.98. The van der Waals surface area contributed by atoms with Gasteiger partial charge in [0.15, 0.2) is 0 Å². The molecule has 0 saturated carbocycles. The molecule has 0 aliphatic rings. The molecule has 4 nitrogen and oxygen atoms in total. The Morgan fingerprint density at radius 3 is 2.59 bits per heavy atom. The van der Waals surface area contributed by atoms with E-state index in [4.69, 9.17) is 5.73 Å². The zero-order chi connectivity index (χ0) is 13.2. The Morgan fingerprint density at radius 2 is 2.12 bits per heavy atom. The van der Waals surface area contributed by atoms with Crippen molar-refractivity contribution in [2.24, 2.45) is 5.73 Å². The summed E-state index contributed by atoms with van der Waals surface area (Å²) in [5.41, 5.74) is 7.41.